The third-order valence-electron chi connectivity index (χ3n) is 5.22. The fourth-order valence-electron chi connectivity index (χ4n) is 3.29. The molecule has 1 aromatic carbocycles. The zero-order valence-electron chi connectivity index (χ0n) is 15.3. The summed E-state index contributed by atoms with van der Waals surface area (Å²) in [5, 5.41) is 0. The number of halogens is 1. The highest BCUT2D eigenvalue weighted by atomic mass is 35.5. The number of benzene rings is 1. The van der Waals surface area contributed by atoms with Crippen LogP contribution in [0.3, 0.4) is 0 Å². The Labute approximate surface area is 162 Å². The van der Waals surface area contributed by atoms with Gasteiger partial charge in [-0.15, -0.1) is 12.4 Å². The predicted octanol–water partition coefficient (Wildman–Crippen LogP) is 2.06. The second-order valence-corrected chi connectivity index (χ2v) is 9.08. The molecular formula is C18H28ClN3O3S. The normalized spacial score (nSPS) is 19.7. The van der Waals surface area contributed by atoms with Crippen LogP contribution in [0, 0.1) is 12.8 Å². The van der Waals surface area contributed by atoms with Crippen LogP contribution in [0.1, 0.15) is 48.5 Å². The lowest BCUT2D eigenvalue weighted by Crippen LogP contribution is -2.42. The first-order valence-electron chi connectivity index (χ1n) is 8.96. The number of nitrogens with one attached hydrogen (secondary N) is 1. The third kappa shape index (κ3) is 4.76. The predicted molar refractivity (Wildman–Crippen MR) is 104 cm³/mol. The number of likely N-dealkylation sites (tertiary alicyclic amines) is 1. The van der Waals surface area contributed by atoms with Crippen molar-refractivity contribution in [1.82, 2.24) is 9.62 Å². The molecule has 3 rings (SSSR count). The molecule has 0 bridgehead atoms. The van der Waals surface area contributed by atoms with Crippen LogP contribution in [0.4, 0.5) is 0 Å². The third-order valence-corrected chi connectivity index (χ3v) is 6.74. The van der Waals surface area contributed by atoms with Gasteiger partial charge in [0.15, 0.2) is 0 Å². The standard InChI is InChI=1S/C18H27N3O3S.ClH/c1-12-3-6-16(25(23,24)20-15-4-5-15)11-17(12)18(22)21-9-7-14(8-10-21)13(2)19;/h3,6,11,13-15,20H,4-5,7-10,19H2,1-2H3;1H. The van der Waals surface area contributed by atoms with E-state index in [1.165, 1.54) is 6.07 Å². The van der Waals surface area contributed by atoms with E-state index in [9.17, 15) is 13.2 Å². The van der Waals surface area contributed by atoms with E-state index in [-0.39, 0.29) is 35.3 Å². The van der Waals surface area contributed by atoms with Gasteiger partial charge in [0.2, 0.25) is 10.0 Å². The quantitative estimate of drug-likeness (QED) is 0.789. The van der Waals surface area contributed by atoms with Gasteiger partial charge >= 0.3 is 0 Å². The molecular weight excluding hydrogens is 374 g/mol. The zero-order chi connectivity index (χ0) is 18.2. The summed E-state index contributed by atoms with van der Waals surface area (Å²) >= 11 is 0. The molecule has 1 aromatic rings. The second kappa shape index (κ2) is 8.25. The fourth-order valence-corrected chi connectivity index (χ4v) is 4.62. The molecule has 26 heavy (non-hydrogen) atoms. The number of nitrogens with zero attached hydrogens (tertiary/aromatic N) is 1. The first-order chi connectivity index (χ1) is 11.8. The lowest BCUT2D eigenvalue weighted by molar-refractivity contribution is 0.0680. The van der Waals surface area contributed by atoms with Crippen LogP contribution in [0.5, 0.6) is 0 Å². The zero-order valence-corrected chi connectivity index (χ0v) is 16.9. The maximum absolute atomic E-state index is 12.9. The summed E-state index contributed by atoms with van der Waals surface area (Å²) in [6.07, 6.45) is 3.55. The smallest absolute Gasteiger partial charge is 0.254 e. The topological polar surface area (TPSA) is 92.5 Å². The first kappa shape index (κ1) is 21.2. The SMILES string of the molecule is Cc1ccc(S(=O)(=O)NC2CC2)cc1C(=O)N1CCC(C(C)N)CC1.Cl. The molecule has 8 heteroatoms. The summed E-state index contributed by atoms with van der Waals surface area (Å²) in [7, 11) is -3.56. The Kier molecular flexibility index (Phi) is 6.71. The molecule has 1 unspecified atom stereocenters. The molecule has 0 spiro atoms. The Bertz CT molecular complexity index is 755. The van der Waals surface area contributed by atoms with Gasteiger partial charge in [0, 0.05) is 30.7 Å². The Morgan fingerprint density at radius 1 is 1.23 bits per heavy atom. The van der Waals surface area contributed by atoms with E-state index < -0.39 is 10.0 Å². The molecule has 1 amide bonds. The van der Waals surface area contributed by atoms with Crippen molar-refractivity contribution in [3.05, 3.63) is 29.3 Å². The van der Waals surface area contributed by atoms with Crippen LogP contribution >= 0.6 is 12.4 Å². The number of rotatable bonds is 5. The van der Waals surface area contributed by atoms with E-state index >= 15 is 0 Å². The Morgan fingerprint density at radius 2 is 1.85 bits per heavy atom. The van der Waals surface area contributed by atoms with E-state index in [1.54, 1.807) is 12.1 Å². The lowest BCUT2D eigenvalue weighted by Gasteiger charge is -2.34. The molecule has 1 saturated heterocycles. The molecule has 2 aliphatic rings. The van der Waals surface area contributed by atoms with Crippen molar-refractivity contribution in [2.45, 2.75) is 56.5 Å². The minimum atomic E-state index is -3.56. The molecule has 1 heterocycles. The monoisotopic (exact) mass is 401 g/mol. The van der Waals surface area contributed by atoms with Crippen molar-refractivity contribution in [3.63, 3.8) is 0 Å². The summed E-state index contributed by atoms with van der Waals surface area (Å²) < 4.78 is 27.5. The number of hydrogen-bond donors (Lipinski definition) is 2. The maximum Gasteiger partial charge on any atom is 0.254 e. The molecule has 1 aliphatic carbocycles. The van der Waals surface area contributed by atoms with Gasteiger partial charge in [0.25, 0.3) is 5.91 Å². The van der Waals surface area contributed by atoms with Crippen LogP contribution in [-0.2, 0) is 10.0 Å². The van der Waals surface area contributed by atoms with Crippen LogP contribution in [0.2, 0.25) is 0 Å². The van der Waals surface area contributed by atoms with E-state index in [2.05, 4.69) is 4.72 Å². The fraction of sp³-hybridized carbons (Fsp3) is 0.611. The molecule has 3 N–H and O–H groups in total. The molecule has 1 atom stereocenters. The van der Waals surface area contributed by atoms with Crippen LogP contribution in [-0.4, -0.2) is 44.4 Å². The molecule has 0 radical (unpaired) electrons. The van der Waals surface area contributed by atoms with Gasteiger partial charge in [-0.25, -0.2) is 13.1 Å². The highest BCUT2D eigenvalue weighted by molar-refractivity contribution is 7.89. The van der Waals surface area contributed by atoms with Crippen molar-refractivity contribution in [3.8, 4) is 0 Å². The van der Waals surface area contributed by atoms with Gasteiger partial charge < -0.3 is 10.6 Å². The van der Waals surface area contributed by atoms with Crippen LogP contribution < -0.4 is 10.5 Å². The van der Waals surface area contributed by atoms with Crippen molar-refractivity contribution in [2.24, 2.45) is 11.7 Å². The van der Waals surface area contributed by atoms with Gasteiger partial charge in [-0.2, -0.15) is 0 Å². The molecule has 2 fully saturated rings. The Balaban J connectivity index is 0.00000243. The van der Waals surface area contributed by atoms with Gasteiger partial charge in [-0.3, -0.25) is 4.79 Å². The highest BCUT2D eigenvalue weighted by Gasteiger charge is 2.30. The summed E-state index contributed by atoms with van der Waals surface area (Å²) in [6, 6.07) is 4.98. The van der Waals surface area contributed by atoms with E-state index in [0.29, 0.717) is 24.6 Å². The summed E-state index contributed by atoms with van der Waals surface area (Å²) in [5.74, 6) is 0.351. The van der Waals surface area contributed by atoms with E-state index in [4.69, 9.17) is 5.73 Å². The van der Waals surface area contributed by atoms with Gasteiger partial charge in [0.1, 0.15) is 0 Å². The van der Waals surface area contributed by atoms with Crippen molar-refractivity contribution in [2.75, 3.05) is 13.1 Å². The number of sulfonamides is 1. The molecule has 1 saturated carbocycles. The van der Waals surface area contributed by atoms with Gasteiger partial charge in [0.05, 0.1) is 4.90 Å². The molecule has 1 aliphatic heterocycles. The molecule has 6 nitrogen and oxygen atoms in total. The van der Waals surface area contributed by atoms with Gasteiger partial charge in [-0.05, 0) is 63.1 Å². The minimum Gasteiger partial charge on any atom is -0.339 e. The first-order valence-corrected chi connectivity index (χ1v) is 10.4. The lowest BCUT2D eigenvalue weighted by atomic mass is 9.90. The summed E-state index contributed by atoms with van der Waals surface area (Å²) in [5.41, 5.74) is 7.23. The Morgan fingerprint density at radius 3 is 2.38 bits per heavy atom. The number of nitrogens with two attached hydrogens (primary N) is 1. The highest BCUT2D eigenvalue weighted by Crippen LogP contribution is 2.25. The number of amides is 1. The number of carbonyl (C=O) groups excluding carboxylic acids is 1. The maximum atomic E-state index is 12.9. The number of carbonyl (C=O) groups is 1. The second-order valence-electron chi connectivity index (χ2n) is 7.36. The number of aryl methyl sites for hydroxylation is 1. The van der Waals surface area contributed by atoms with E-state index in [0.717, 1.165) is 31.2 Å². The van der Waals surface area contributed by atoms with Crippen molar-refractivity contribution in [1.29, 1.82) is 0 Å². The van der Waals surface area contributed by atoms with Crippen LogP contribution in [0.15, 0.2) is 23.1 Å². The molecule has 146 valence electrons. The average Bonchev–Trinajstić information content (AvgIpc) is 3.37. The number of hydrogen-bond acceptors (Lipinski definition) is 4. The average molecular weight is 402 g/mol. The Hall–Kier alpha value is -1.15. The largest absolute Gasteiger partial charge is 0.339 e. The van der Waals surface area contributed by atoms with E-state index in [1.807, 2.05) is 18.7 Å². The minimum absolute atomic E-state index is 0. The number of piperidine rings is 1. The molecule has 0 aromatic heterocycles. The van der Waals surface area contributed by atoms with Gasteiger partial charge in [-0.1, -0.05) is 6.07 Å². The van der Waals surface area contributed by atoms with Crippen molar-refractivity contribution >= 4 is 28.3 Å². The summed E-state index contributed by atoms with van der Waals surface area (Å²) in [6.45, 7) is 5.18. The summed E-state index contributed by atoms with van der Waals surface area (Å²) in [4.78, 5) is 14.9. The van der Waals surface area contributed by atoms with Crippen molar-refractivity contribution < 1.29 is 13.2 Å². The van der Waals surface area contributed by atoms with Crippen LogP contribution in [0.25, 0.3) is 0 Å².